The number of halogens is 1. The van der Waals surface area contributed by atoms with Gasteiger partial charge in [-0.15, -0.1) is 0 Å². The Balaban J connectivity index is 1.73. The maximum absolute atomic E-state index is 12.7. The smallest absolute Gasteiger partial charge is 0.294 e. The summed E-state index contributed by atoms with van der Waals surface area (Å²) in [5.74, 6) is -1.44. The normalized spacial score (nSPS) is 14.8. The van der Waals surface area contributed by atoms with Crippen LogP contribution in [0.5, 0.6) is 5.75 Å². The van der Waals surface area contributed by atoms with E-state index in [4.69, 9.17) is 22.1 Å². The molecule has 0 aliphatic carbocycles. The summed E-state index contributed by atoms with van der Waals surface area (Å²) >= 11 is 6.66. The molecule has 1 aliphatic rings. The predicted octanol–water partition coefficient (Wildman–Crippen LogP) is 3.19. The molecule has 4 amide bonds. The van der Waals surface area contributed by atoms with Gasteiger partial charge in [-0.2, -0.15) is 0 Å². The molecule has 3 rings (SSSR count). The molecule has 31 heavy (non-hydrogen) atoms. The molecule has 10 heteroatoms. The molecule has 1 fully saturated rings. The number of ether oxygens (including phenoxy) is 1. The average molecular weight is 460 g/mol. The van der Waals surface area contributed by atoms with Crippen LogP contribution in [-0.4, -0.2) is 41.0 Å². The lowest BCUT2D eigenvalue weighted by Gasteiger charge is -2.14. The average Bonchev–Trinajstić information content (AvgIpc) is 2.97. The summed E-state index contributed by atoms with van der Waals surface area (Å²) in [6, 6.07) is 11.7. The van der Waals surface area contributed by atoms with Crippen molar-refractivity contribution in [2.45, 2.75) is 6.92 Å². The van der Waals surface area contributed by atoms with Gasteiger partial charge in [-0.05, 0) is 48.5 Å². The van der Waals surface area contributed by atoms with Crippen LogP contribution in [0, 0.1) is 6.92 Å². The zero-order valence-electron chi connectivity index (χ0n) is 16.4. The van der Waals surface area contributed by atoms with Crippen molar-refractivity contribution < 1.29 is 23.9 Å². The first-order valence-electron chi connectivity index (χ1n) is 9.06. The van der Waals surface area contributed by atoms with Crippen LogP contribution < -0.4 is 15.8 Å². The first kappa shape index (κ1) is 22.4. The van der Waals surface area contributed by atoms with Crippen molar-refractivity contribution in [2.24, 2.45) is 5.73 Å². The topological polar surface area (TPSA) is 119 Å². The van der Waals surface area contributed by atoms with Crippen molar-refractivity contribution >= 4 is 58.1 Å². The van der Waals surface area contributed by atoms with Gasteiger partial charge in [0.1, 0.15) is 12.3 Å². The van der Waals surface area contributed by atoms with Crippen LogP contribution in [0.25, 0.3) is 6.08 Å². The Morgan fingerprint density at radius 1 is 1.23 bits per heavy atom. The number of hydrogen-bond donors (Lipinski definition) is 2. The van der Waals surface area contributed by atoms with Gasteiger partial charge < -0.3 is 15.8 Å². The number of rotatable bonds is 7. The first-order chi connectivity index (χ1) is 14.7. The molecule has 1 heterocycles. The number of imide groups is 1. The molecule has 0 unspecified atom stereocenters. The number of nitrogens with two attached hydrogens (primary N) is 1. The molecule has 8 nitrogen and oxygen atoms in total. The highest BCUT2D eigenvalue weighted by atomic mass is 35.5. The molecule has 0 radical (unpaired) electrons. The van der Waals surface area contributed by atoms with Gasteiger partial charge in [-0.3, -0.25) is 24.1 Å². The Hall–Kier alpha value is -3.30. The molecule has 1 aliphatic heterocycles. The number of amides is 4. The minimum atomic E-state index is -0.643. The number of carbonyl (C=O) groups is 4. The van der Waals surface area contributed by atoms with E-state index in [1.807, 2.05) is 0 Å². The van der Waals surface area contributed by atoms with Crippen LogP contribution in [0.1, 0.15) is 11.1 Å². The quantitative estimate of drug-likeness (QED) is 0.614. The van der Waals surface area contributed by atoms with E-state index in [0.717, 1.165) is 10.5 Å². The molecular weight excluding hydrogens is 442 g/mol. The Morgan fingerprint density at radius 2 is 1.97 bits per heavy atom. The van der Waals surface area contributed by atoms with Crippen molar-refractivity contribution in [2.75, 3.05) is 18.5 Å². The van der Waals surface area contributed by atoms with Crippen LogP contribution in [-0.2, 0) is 14.4 Å². The number of thioether (sulfide) groups is 1. The first-order valence-corrected chi connectivity index (χ1v) is 10.3. The highest BCUT2D eigenvalue weighted by Crippen LogP contribution is 2.34. The zero-order chi connectivity index (χ0) is 22.5. The summed E-state index contributed by atoms with van der Waals surface area (Å²) in [5.41, 5.74) is 6.88. The Kier molecular flexibility index (Phi) is 6.98. The molecule has 0 aromatic heterocycles. The maximum atomic E-state index is 12.7. The molecule has 3 N–H and O–H groups in total. The number of nitrogens with one attached hydrogen (secondary N) is 1. The number of anilines is 1. The van der Waals surface area contributed by atoms with Gasteiger partial charge in [0.05, 0.1) is 4.91 Å². The predicted molar refractivity (Wildman–Crippen MR) is 119 cm³/mol. The van der Waals surface area contributed by atoms with Gasteiger partial charge in [-0.25, -0.2) is 0 Å². The van der Waals surface area contributed by atoms with Gasteiger partial charge in [0.15, 0.2) is 6.61 Å². The summed E-state index contributed by atoms with van der Waals surface area (Å²) in [7, 11) is 0. The van der Waals surface area contributed by atoms with E-state index in [1.165, 1.54) is 6.08 Å². The van der Waals surface area contributed by atoms with Gasteiger partial charge in [0.25, 0.3) is 17.1 Å². The monoisotopic (exact) mass is 459 g/mol. The lowest BCUT2D eigenvalue weighted by atomic mass is 10.2. The Bertz CT molecular complexity index is 1100. The van der Waals surface area contributed by atoms with Crippen molar-refractivity contribution in [3.63, 3.8) is 0 Å². The number of primary amides is 1. The number of para-hydroxylation sites is 1. The third-order valence-corrected chi connectivity index (χ3v) is 5.37. The second-order valence-corrected chi connectivity index (χ2v) is 8.00. The number of nitrogens with zero attached hydrogens (tertiary/aromatic N) is 1. The molecule has 0 atom stereocenters. The number of benzene rings is 2. The van der Waals surface area contributed by atoms with Crippen molar-refractivity contribution in [1.29, 1.82) is 0 Å². The van der Waals surface area contributed by atoms with Crippen LogP contribution in [0.15, 0.2) is 47.4 Å². The highest BCUT2D eigenvalue weighted by molar-refractivity contribution is 8.18. The maximum Gasteiger partial charge on any atom is 0.294 e. The van der Waals surface area contributed by atoms with E-state index in [0.29, 0.717) is 33.8 Å². The van der Waals surface area contributed by atoms with Gasteiger partial charge >= 0.3 is 0 Å². The summed E-state index contributed by atoms with van der Waals surface area (Å²) < 4.78 is 5.34. The van der Waals surface area contributed by atoms with E-state index >= 15 is 0 Å². The van der Waals surface area contributed by atoms with E-state index in [-0.39, 0.29) is 11.5 Å². The molecule has 160 valence electrons. The third-order valence-electron chi connectivity index (χ3n) is 4.22. The van der Waals surface area contributed by atoms with Crippen molar-refractivity contribution in [3.8, 4) is 5.75 Å². The van der Waals surface area contributed by atoms with E-state index < -0.39 is 29.5 Å². The molecule has 1 saturated heterocycles. The van der Waals surface area contributed by atoms with Crippen molar-refractivity contribution in [3.05, 3.63) is 63.5 Å². The van der Waals surface area contributed by atoms with E-state index in [9.17, 15) is 19.2 Å². The third kappa shape index (κ3) is 5.65. The van der Waals surface area contributed by atoms with Crippen LogP contribution in [0.2, 0.25) is 5.02 Å². The Labute approximate surface area is 187 Å². The second kappa shape index (κ2) is 9.67. The minimum Gasteiger partial charge on any atom is -0.483 e. The fourth-order valence-electron chi connectivity index (χ4n) is 2.72. The second-order valence-electron chi connectivity index (χ2n) is 6.57. The molecule has 2 aromatic carbocycles. The summed E-state index contributed by atoms with van der Waals surface area (Å²) in [6.07, 6.45) is 1.47. The fraction of sp³-hybridized carbons (Fsp3) is 0.143. The molecule has 0 saturated carbocycles. The van der Waals surface area contributed by atoms with E-state index in [2.05, 4.69) is 5.32 Å². The van der Waals surface area contributed by atoms with Crippen LogP contribution in [0.4, 0.5) is 10.5 Å². The van der Waals surface area contributed by atoms with Gasteiger partial charge in [0.2, 0.25) is 5.91 Å². The highest BCUT2D eigenvalue weighted by Gasteiger charge is 2.36. The minimum absolute atomic E-state index is 0.131. The lowest BCUT2D eigenvalue weighted by Crippen LogP contribution is -2.36. The zero-order valence-corrected chi connectivity index (χ0v) is 18.0. The molecule has 2 aromatic rings. The largest absolute Gasteiger partial charge is 0.483 e. The SMILES string of the molecule is Cc1ccc(Cl)cc1NC(=O)CN1C(=O)S/C(=C/c2ccccc2OCC(N)=O)C1=O. The van der Waals surface area contributed by atoms with Crippen molar-refractivity contribution in [1.82, 2.24) is 4.90 Å². The van der Waals surface area contributed by atoms with Crippen LogP contribution >= 0.6 is 23.4 Å². The summed E-state index contributed by atoms with van der Waals surface area (Å²) in [6.45, 7) is 1.04. The van der Waals surface area contributed by atoms with Crippen LogP contribution in [0.3, 0.4) is 0 Å². The van der Waals surface area contributed by atoms with E-state index in [1.54, 1.807) is 49.4 Å². The molecule has 0 bridgehead atoms. The lowest BCUT2D eigenvalue weighted by molar-refractivity contribution is -0.127. The number of carbonyl (C=O) groups excluding carboxylic acids is 4. The number of hydrogen-bond acceptors (Lipinski definition) is 6. The molecular formula is C21H18ClN3O5S. The Morgan fingerprint density at radius 3 is 2.71 bits per heavy atom. The number of aryl methyl sites for hydroxylation is 1. The fourth-order valence-corrected chi connectivity index (χ4v) is 3.72. The summed E-state index contributed by atoms with van der Waals surface area (Å²) in [5, 5.41) is 2.54. The summed E-state index contributed by atoms with van der Waals surface area (Å²) in [4.78, 5) is 49.4. The van der Waals surface area contributed by atoms with Gasteiger partial charge in [0, 0.05) is 16.3 Å². The molecule has 0 spiro atoms. The van der Waals surface area contributed by atoms with Gasteiger partial charge in [-0.1, -0.05) is 35.9 Å². The standard InChI is InChI=1S/C21H18ClN3O5S/c1-12-6-7-14(22)9-15(12)24-19(27)10-25-20(28)17(31-21(25)29)8-13-4-2-3-5-16(13)30-11-18(23)26/h2-9H,10-11H2,1H3,(H2,23,26)(H,24,27)/b17-8+.